The van der Waals surface area contributed by atoms with Crippen molar-refractivity contribution in [2.45, 2.75) is 18.9 Å². The van der Waals surface area contributed by atoms with Gasteiger partial charge in [0.05, 0.1) is 6.10 Å². The van der Waals surface area contributed by atoms with E-state index in [1.54, 1.807) is 36.4 Å². The van der Waals surface area contributed by atoms with Crippen molar-refractivity contribution in [3.05, 3.63) is 70.6 Å². The zero-order valence-electron chi connectivity index (χ0n) is 14.7. The van der Waals surface area contributed by atoms with Crippen molar-refractivity contribution in [1.82, 2.24) is 4.98 Å². The molecule has 4 rings (SSSR count). The molecule has 0 bridgehead atoms. The molecule has 1 aliphatic rings. The lowest BCUT2D eigenvalue weighted by Crippen LogP contribution is -2.19. The molecule has 1 unspecified atom stereocenters. The first-order valence-corrected chi connectivity index (χ1v) is 8.97. The van der Waals surface area contributed by atoms with Crippen LogP contribution < -0.4 is 15.6 Å². The van der Waals surface area contributed by atoms with E-state index in [9.17, 15) is 9.59 Å². The SMILES string of the molecule is O=C(Nc1cccc(OCC2CCCO2)c1)c1cc2ccccc2c(=O)[nH]1. The monoisotopic (exact) mass is 364 g/mol. The number of aromatic nitrogens is 1. The second kappa shape index (κ2) is 7.63. The van der Waals surface area contributed by atoms with Gasteiger partial charge in [-0.2, -0.15) is 0 Å². The molecule has 1 amide bonds. The Morgan fingerprint density at radius 3 is 2.93 bits per heavy atom. The van der Waals surface area contributed by atoms with E-state index >= 15 is 0 Å². The number of nitrogens with one attached hydrogen (secondary N) is 2. The minimum atomic E-state index is -0.380. The normalized spacial score (nSPS) is 16.4. The quantitative estimate of drug-likeness (QED) is 0.728. The van der Waals surface area contributed by atoms with Crippen LogP contribution in [0.4, 0.5) is 5.69 Å². The topological polar surface area (TPSA) is 80.4 Å². The highest BCUT2D eigenvalue weighted by atomic mass is 16.5. The third kappa shape index (κ3) is 4.01. The highest BCUT2D eigenvalue weighted by Gasteiger charge is 2.16. The fourth-order valence-corrected chi connectivity index (χ4v) is 3.16. The van der Waals surface area contributed by atoms with Gasteiger partial charge >= 0.3 is 0 Å². The molecule has 1 aliphatic heterocycles. The number of amides is 1. The van der Waals surface area contributed by atoms with E-state index < -0.39 is 0 Å². The van der Waals surface area contributed by atoms with Gasteiger partial charge in [-0.15, -0.1) is 0 Å². The van der Waals surface area contributed by atoms with Gasteiger partial charge in [0.15, 0.2) is 0 Å². The number of benzene rings is 2. The number of anilines is 1. The molecular formula is C21H20N2O4. The van der Waals surface area contributed by atoms with Crippen molar-refractivity contribution in [3.8, 4) is 5.75 Å². The van der Waals surface area contributed by atoms with Crippen LogP contribution >= 0.6 is 0 Å². The highest BCUT2D eigenvalue weighted by Crippen LogP contribution is 2.20. The second-order valence-corrected chi connectivity index (χ2v) is 6.53. The first-order chi connectivity index (χ1) is 13.2. The van der Waals surface area contributed by atoms with E-state index in [0.717, 1.165) is 24.8 Å². The van der Waals surface area contributed by atoms with Crippen molar-refractivity contribution in [3.63, 3.8) is 0 Å². The highest BCUT2D eigenvalue weighted by molar-refractivity contribution is 6.04. The van der Waals surface area contributed by atoms with Crippen LogP contribution in [0.3, 0.4) is 0 Å². The van der Waals surface area contributed by atoms with Gasteiger partial charge in [-0.3, -0.25) is 9.59 Å². The molecule has 0 spiro atoms. The molecule has 1 atom stereocenters. The minimum Gasteiger partial charge on any atom is -0.491 e. The predicted molar refractivity (Wildman–Crippen MR) is 103 cm³/mol. The van der Waals surface area contributed by atoms with Crippen LogP contribution in [0.2, 0.25) is 0 Å². The molecule has 6 nitrogen and oxygen atoms in total. The number of hydrogen-bond donors (Lipinski definition) is 2. The Labute approximate surface area is 156 Å². The van der Waals surface area contributed by atoms with Gasteiger partial charge in [-0.05, 0) is 42.5 Å². The van der Waals surface area contributed by atoms with Crippen LogP contribution in [0.1, 0.15) is 23.3 Å². The Bertz CT molecular complexity index is 1020. The third-order valence-electron chi connectivity index (χ3n) is 4.55. The summed E-state index contributed by atoms with van der Waals surface area (Å²) in [5.74, 6) is 0.282. The number of hydrogen-bond acceptors (Lipinski definition) is 4. The zero-order chi connectivity index (χ0) is 18.6. The number of aromatic amines is 1. The molecule has 1 fully saturated rings. The number of carbonyl (C=O) groups excluding carboxylic acids is 1. The second-order valence-electron chi connectivity index (χ2n) is 6.53. The molecule has 0 saturated carbocycles. The predicted octanol–water partition coefficient (Wildman–Crippen LogP) is 3.34. The van der Waals surface area contributed by atoms with Crippen LogP contribution in [-0.4, -0.2) is 30.2 Å². The molecular weight excluding hydrogens is 344 g/mol. The molecule has 2 aromatic carbocycles. The minimum absolute atomic E-state index is 0.130. The largest absolute Gasteiger partial charge is 0.491 e. The lowest BCUT2D eigenvalue weighted by Gasteiger charge is -2.12. The molecule has 2 N–H and O–H groups in total. The molecule has 1 saturated heterocycles. The maximum atomic E-state index is 12.5. The van der Waals surface area contributed by atoms with Gasteiger partial charge in [-0.25, -0.2) is 0 Å². The number of rotatable bonds is 5. The van der Waals surface area contributed by atoms with Crippen molar-refractivity contribution in [2.75, 3.05) is 18.5 Å². The molecule has 2 heterocycles. The van der Waals surface area contributed by atoms with Crippen LogP contribution in [0.25, 0.3) is 10.8 Å². The molecule has 3 aromatic rings. The summed E-state index contributed by atoms with van der Waals surface area (Å²) in [5, 5.41) is 4.07. The lowest BCUT2D eigenvalue weighted by atomic mass is 10.1. The van der Waals surface area contributed by atoms with E-state index in [0.29, 0.717) is 23.4 Å². The van der Waals surface area contributed by atoms with E-state index in [4.69, 9.17) is 9.47 Å². The number of pyridine rings is 1. The van der Waals surface area contributed by atoms with Gasteiger partial charge in [0.1, 0.15) is 18.1 Å². The third-order valence-corrected chi connectivity index (χ3v) is 4.55. The number of fused-ring (bicyclic) bond motifs is 1. The fourth-order valence-electron chi connectivity index (χ4n) is 3.16. The van der Waals surface area contributed by atoms with Crippen LogP contribution in [-0.2, 0) is 4.74 Å². The summed E-state index contributed by atoms with van der Waals surface area (Å²) in [5.41, 5.74) is 0.523. The molecule has 0 aliphatic carbocycles. The van der Waals surface area contributed by atoms with Crippen molar-refractivity contribution in [1.29, 1.82) is 0 Å². The molecule has 0 radical (unpaired) electrons. The summed E-state index contributed by atoms with van der Waals surface area (Å²) in [4.78, 5) is 27.3. The van der Waals surface area contributed by atoms with Gasteiger partial charge in [0, 0.05) is 23.7 Å². The molecule has 1 aromatic heterocycles. The first kappa shape index (κ1) is 17.3. The first-order valence-electron chi connectivity index (χ1n) is 8.97. The molecule has 27 heavy (non-hydrogen) atoms. The van der Waals surface area contributed by atoms with Gasteiger partial charge < -0.3 is 19.8 Å². The van der Waals surface area contributed by atoms with Crippen LogP contribution in [0.5, 0.6) is 5.75 Å². The van der Waals surface area contributed by atoms with Crippen molar-refractivity contribution < 1.29 is 14.3 Å². The standard InChI is InChI=1S/C21H20N2O4/c24-20-18-9-2-1-5-14(18)11-19(23-20)21(25)22-15-6-3-7-16(12-15)27-13-17-8-4-10-26-17/h1-3,5-7,9,11-12,17H,4,8,10,13H2,(H,22,25)(H,23,24). The average Bonchev–Trinajstić information content (AvgIpc) is 3.20. The average molecular weight is 364 g/mol. The molecule has 138 valence electrons. The van der Waals surface area contributed by atoms with E-state index in [-0.39, 0.29) is 23.3 Å². The van der Waals surface area contributed by atoms with Gasteiger partial charge in [0.2, 0.25) is 0 Å². The summed E-state index contributed by atoms with van der Waals surface area (Å²) >= 11 is 0. The summed E-state index contributed by atoms with van der Waals surface area (Å²) < 4.78 is 11.3. The lowest BCUT2D eigenvalue weighted by molar-refractivity contribution is 0.0680. The summed E-state index contributed by atoms with van der Waals surface area (Å²) in [6, 6.07) is 16.0. The van der Waals surface area contributed by atoms with Crippen molar-refractivity contribution >= 4 is 22.4 Å². The van der Waals surface area contributed by atoms with Crippen molar-refractivity contribution in [2.24, 2.45) is 0 Å². The summed E-state index contributed by atoms with van der Waals surface area (Å²) in [6.45, 7) is 1.28. The Morgan fingerprint density at radius 2 is 2.07 bits per heavy atom. The summed E-state index contributed by atoms with van der Waals surface area (Å²) in [6.07, 6.45) is 2.20. The maximum absolute atomic E-state index is 12.5. The maximum Gasteiger partial charge on any atom is 0.272 e. The summed E-state index contributed by atoms with van der Waals surface area (Å²) in [7, 11) is 0. The van der Waals surface area contributed by atoms with Crippen LogP contribution in [0, 0.1) is 0 Å². The van der Waals surface area contributed by atoms with E-state index in [1.165, 1.54) is 0 Å². The Hall–Kier alpha value is -3.12. The Balaban J connectivity index is 1.47. The zero-order valence-corrected chi connectivity index (χ0v) is 14.7. The van der Waals surface area contributed by atoms with E-state index in [1.807, 2.05) is 18.2 Å². The molecule has 6 heteroatoms. The van der Waals surface area contributed by atoms with Crippen LogP contribution in [0.15, 0.2) is 59.4 Å². The fraction of sp³-hybridized carbons (Fsp3) is 0.238. The van der Waals surface area contributed by atoms with Gasteiger partial charge in [0.25, 0.3) is 11.5 Å². The number of ether oxygens (including phenoxy) is 2. The van der Waals surface area contributed by atoms with E-state index in [2.05, 4.69) is 10.3 Å². The smallest absolute Gasteiger partial charge is 0.272 e. The van der Waals surface area contributed by atoms with Gasteiger partial charge in [-0.1, -0.05) is 24.3 Å². The number of H-pyrrole nitrogens is 1. The Morgan fingerprint density at radius 1 is 1.19 bits per heavy atom. The number of carbonyl (C=O) groups is 1. The Kier molecular flexibility index (Phi) is 4.89.